The summed E-state index contributed by atoms with van der Waals surface area (Å²) in [4.78, 5) is 0. The molecule has 15 heavy (non-hydrogen) atoms. The second kappa shape index (κ2) is 3.51. The lowest BCUT2D eigenvalue weighted by Gasteiger charge is -2.07. The summed E-state index contributed by atoms with van der Waals surface area (Å²) < 4.78 is 3.34. The minimum Gasteiger partial charge on any atom is -0.380 e. The number of hydrogen-bond donors (Lipinski definition) is 1. The zero-order chi connectivity index (χ0) is 11.0. The van der Waals surface area contributed by atoms with Gasteiger partial charge in [-0.3, -0.25) is 9.36 Å². The quantitative estimate of drug-likeness (QED) is 0.780. The fourth-order valence-electron chi connectivity index (χ4n) is 1.62. The van der Waals surface area contributed by atoms with Crippen LogP contribution in [0.5, 0.6) is 0 Å². The van der Waals surface area contributed by atoms with Crippen LogP contribution in [0.15, 0.2) is 18.3 Å². The van der Waals surface area contributed by atoms with Gasteiger partial charge in [0.1, 0.15) is 6.10 Å². The maximum atomic E-state index is 10.1. The average Bonchev–Trinajstić information content (AvgIpc) is 2.71. The molecule has 0 saturated heterocycles. The molecule has 5 nitrogen and oxygen atoms in total. The van der Waals surface area contributed by atoms with E-state index in [-0.39, 0.29) is 0 Å². The molecule has 0 aliphatic carbocycles. The molecule has 0 aliphatic rings. The molecule has 2 rings (SSSR count). The molecule has 0 saturated carbocycles. The van der Waals surface area contributed by atoms with Crippen LogP contribution >= 0.6 is 0 Å². The Kier molecular flexibility index (Phi) is 2.32. The highest BCUT2D eigenvalue weighted by molar-refractivity contribution is 5.20. The van der Waals surface area contributed by atoms with Crippen LogP contribution in [-0.4, -0.2) is 24.7 Å². The summed E-state index contributed by atoms with van der Waals surface area (Å²) in [7, 11) is 3.64. The molecular formula is C10H14N4O. The molecule has 2 aromatic rings. The lowest BCUT2D eigenvalue weighted by atomic mass is 10.2. The highest BCUT2D eigenvalue weighted by Gasteiger charge is 2.17. The monoisotopic (exact) mass is 206 g/mol. The van der Waals surface area contributed by atoms with E-state index in [0.717, 1.165) is 11.4 Å². The Morgan fingerprint density at radius 1 is 1.33 bits per heavy atom. The van der Waals surface area contributed by atoms with E-state index in [9.17, 15) is 5.11 Å². The third kappa shape index (κ3) is 1.78. The predicted molar refractivity (Wildman–Crippen MR) is 55.2 cm³/mol. The smallest absolute Gasteiger partial charge is 0.139 e. The zero-order valence-corrected chi connectivity index (χ0v) is 9.05. The molecule has 1 atom stereocenters. The first kappa shape index (κ1) is 9.92. The van der Waals surface area contributed by atoms with Crippen molar-refractivity contribution in [2.24, 2.45) is 14.1 Å². The van der Waals surface area contributed by atoms with Crippen molar-refractivity contribution in [3.63, 3.8) is 0 Å². The third-order valence-electron chi connectivity index (χ3n) is 2.33. The number of aromatic nitrogens is 4. The summed E-state index contributed by atoms with van der Waals surface area (Å²) in [5.41, 5.74) is 2.29. The molecule has 2 aromatic heterocycles. The second-order valence-corrected chi connectivity index (χ2v) is 3.65. The Morgan fingerprint density at radius 3 is 2.53 bits per heavy atom. The minimum atomic E-state index is -0.711. The number of rotatable bonds is 2. The average molecular weight is 206 g/mol. The van der Waals surface area contributed by atoms with Crippen LogP contribution in [0.3, 0.4) is 0 Å². The van der Waals surface area contributed by atoms with Crippen molar-refractivity contribution in [1.29, 1.82) is 0 Å². The van der Waals surface area contributed by atoms with Crippen molar-refractivity contribution in [2.45, 2.75) is 13.0 Å². The SMILES string of the molecule is Cc1cc(C(O)c2ccn(C)n2)n(C)n1. The number of aryl methyl sites for hydroxylation is 3. The van der Waals surface area contributed by atoms with Gasteiger partial charge in [0, 0.05) is 20.3 Å². The Morgan fingerprint density at radius 2 is 2.07 bits per heavy atom. The van der Waals surface area contributed by atoms with Crippen molar-refractivity contribution >= 4 is 0 Å². The molecule has 0 fully saturated rings. The summed E-state index contributed by atoms with van der Waals surface area (Å²) in [6.45, 7) is 1.90. The highest BCUT2D eigenvalue weighted by atomic mass is 16.3. The number of hydrogen-bond acceptors (Lipinski definition) is 3. The molecule has 0 spiro atoms. The molecule has 5 heteroatoms. The fraction of sp³-hybridized carbons (Fsp3) is 0.400. The van der Waals surface area contributed by atoms with Crippen molar-refractivity contribution in [2.75, 3.05) is 0 Å². The summed E-state index contributed by atoms with van der Waals surface area (Å²) in [6, 6.07) is 3.66. The van der Waals surface area contributed by atoms with Crippen LogP contribution in [-0.2, 0) is 14.1 Å². The van der Waals surface area contributed by atoms with E-state index in [4.69, 9.17) is 0 Å². The van der Waals surface area contributed by atoms with Gasteiger partial charge in [0.2, 0.25) is 0 Å². The van der Waals surface area contributed by atoms with E-state index in [0.29, 0.717) is 5.69 Å². The van der Waals surface area contributed by atoms with Crippen molar-refractivity contribution < 1.29 is 5.11 Å². The Bertz CT molecular complexity index is 471. The van der Waals surface area contributed by atoms with Gasteiger partial charge in [0.15, 0.2) is 0 Å². The predicted octanol–water partition coefficient (Wildman–Crippen LogP) is 0.544. The topological polar surface area (TPSA) is 55.9 Å². The molecule has 1 unspecified atom stereocenters. The summed E-state index contributed by atoms with van der Waals surface area (Å²) in [5, 5.41) is 18.4. The van der Waals surface area contributed by atoms with E-state index in [1.807, 2.05) is 33.3 Å². The van der Waals surface area contributed by atoms with Gasteiger partial charge in [-0.05, 0) is 19.1 Å². The van der Waals surface area contributed by atoms with Gasteiger partial charge in [-0.15, -0.1) is 0 Å². The molecule has 0 aromatic carbocycles. The molecule has 1 N–H and O–H groups in total. The number of aliphatic hydroxyl groups excluding tert-OH is 1. The third-order valence-corrected chi connectivity index (χ3v) is 2.33. The summed E-state index contributed by atoms with van der Waals surface area (Å²) in [6.07, 6.45) is 1.10. The first-order valence-corrected chi connectivity index (χ1v) is 4.76. The van der Waals surface area contributed by atoms with E-state index >= 15 is 0 Å². The lowest BCUT2D eigenvalue weighted by molar-refractivity contribution is 0.204. The largest absolute Gasteiger partial charge is 0.380 e. The fourth-order valence-corrected chi connectivity index (χ4v) is 1.62. The maximum Gasteiger partial charge on any atom is 0.139 e. The standard InChI is InChI=1S/C10H14N4O/c1-7-6-9(14(3)11-7)10(15)8-4-5-13(2)12-8/h4-6,10,15H,1-3H3. The van der Waals surface area contributed by atoms with Gasteiger partial charge < -0.3 is 5.11 Å². The van der Waals surface area contributed by atoms with Crippen LogP contribution < -0.4 is 0 Å². The van der Waals surface area contributed by atoms with Crippen molar-refractivity contribution in [3.05, 3.63) is 35.4 Å². The van der Waals surface area contributed by atoms with Gasteiger partial charge in [-0.1, -0.05) is 0 Å². The molecule has 2 heterocycles. The van der Waals surface area contributed by atoms with Crippen LogP contribution in [0.4, 0.5) is 0 Å². The molecule has 80 valence electrons. The van der Waals surface area contributed by atoms with Crippen LogP contribution in [0.25, 0.3) is 0 Å². The van der Waals surface area contributed by atoms with Crippen LogP contribution in [0, 0.1) is 6.92 Å². The Balaban J connectivity index is 2.35. The molecule has 0 bridgehead atoms. The summed E-state index contributed by atoms with van der Waals surface area (Å²) >= 11 is 0. The van der Waals surface area contributed by atoms with E-state index in [1.54, 1.807) is 15.4 Å². The zero-order valence-electron chi connectivity index (χ0n) is 9.05. The molecule has 0 radical (unpaired) electrons. The van der Waals surface area contributed by atoms with Gasteiger partial charge in [-0.2, -0.15) is 10.2 Å². The maximum absolute atomic E-state index is 10.1. The Hall–Kier alpha value is -1.62. The van der Waals surface area contributed by atoms with Gasteiger partial charge >= 0.3 is 0 Å². The lowest BCUT2D eigenvalue weighted by Crippen LogP contribution is -2.07. The van der Waals surface area contributed by atoms with Gasteiger partial charge in [-0.25, -0.2) is 0 Å². The van der Waals surface area contributed by atoms with Crippen LogP contribution in [0.1, 0.15) is 23.2 Å². The van der Waals surface area contributed by atoms with E-state index in [2.05, 4.69) is 10.2 Å². The van der Waals surface area contributed by atoms with Gasteiger partial charge in [0.25, 0.3) is 0 Å². The molecule has 0 amide bonds. The van der Waals surface area contributed by atoms with Crippen LogP contribution in [0.2, 0.25) is 0 Å². The molecule has 0 aliphatic heterocycles. The summed E-state index contributed by atoms with van der Waals surface area (Å²) in [5.74, 6) is 0. The Labute approximate surface area is 88.0 Å². The van der Waals surface area contributed by atoms with E-state index in [1.165, 1.54) is 0 Å². The van der Waals surface area contributed by atoms with Crippen molar-refractivity contribution in [1.82, 2.24) is 19.6 Å². The highest BCUT2D eigenvalue weighted by Crippen LogP contribution is 2.19. The number of aliphatic hydroxyl groups is 1. The first-order valence-electron chi connectivity index (χ1n) is 4.76. The number of nitrogens with zero attached hydrogens (tertiary/aromatic N) is 4. The van der Waals surface area contributed by atoms with Gasteiger partial charge in [0.05, 0.1) is 17.1 Å². The normalized spacial score (nSPS) is 13.1. The minimum absolute atomic E-state index is 0.639. The van der Waals surface area contributed by atoms with Crippen molar-refractivity contribution in [3.8, 4) is 0 Å². The second-order valence-electron chi connectivity index (χ2n) is 3.65. The molecular weight excluding hydrogens is 192 g/mol. The first-order chi connectivity index (χ1) is 7.08. The van der Waals surface area contributed by atoms with E-state index < -0.39 is 6.10 Å².